The molecule has 0 radical (unpaired) electrons. The third-order valence-electron chi connectivity index (χ3n) is 5.73. The molecule has 1 atom stereocenters. The summed E-state index contributed by atoms with van der Waals surface area (Å²) in [5.74, 6) is -0.385. The van der Waals surface area contributed by atoms with Crippen molar-refractivity contribution in [2.75, 3.05) is 20.3 Å². The van der Waals surface area contributed by atoms with Gasteiger partial charge in [0, 0.05) is 32.7 Å². The first kappa shape index (κ1) is 25.9. The second-order valence-corrected chi connectivity index (χ2v) is 10.2. The molecule has 0 heterocycles. The molecule has 0 bridgehead atoms. The van der Waals surface area contributed by atoms with E-state index in [0.29, 0.717) is 26.1 Å². The predicted molar refractivity (Wildman–Crippen MR) is 129 cm³/mol. The van der Waals surface area contributed by atoms with Gasteiger partial charge in [-0.1, -0.05) is 42.5 Å². The van der Waals surface area contributed by atoms with Crippen LogP contribution in [-0.4, -0.2) is 57.5 Å². The van der Waals surface area contributed by atoms with Gasteiger partial charge in [-0.2, -0.15) is 0 Å². The highest BCUT2D eigenvalue weighted by atomic mass is 32.2. The number of methoxy groups -OCH3 is 1. The van der Waals surface area contributed by atoms with E-state index >= 15 is 0 Å². The van der Waals surface area contributed by atoms with Crippen molar-refractivity contribution in [3.63, 3.8) is 0 Å². The number of carbonyl (C=O) groups is 2. The summed E-state index contributed by atoms with van der Waals surface area (Å²) in [6.45, 7) is 2.81. The van der Waals surface area contributed by atoms with Gasteiger partial charge in [0.25, 0.3) is 0 Å². The van der Waals surface area contributed by atoms with Gasteiger partial charge < -0.3 is 15.0 Å². The molecule has 1 aliphatic rings. The van der Waals surface area contributed by atoms with E-state index in [-0.39, 0.29) is 29.2 Å². The molecule has 0 aliphatic heterocycles. The van der Waals surface area contributed by atoms with Crippen molar-refractivity contribution >= 4 is 21.8 Å². The minimum atomic E-state index is -3.50. The van der Waals surface area contributed by atoms with Gasteiger partial charge in [0.15, 0.2) is 0 Å². The molecule has 1 saturated carbocycles. The lowest BCUT2D eigenvalue weighted by Gasteiger charge is -2.29. The Hall–Kier alpha value is -2.75. The molecule has 1 aliphatic carbocycles. The highest BCUT2D eigenvalue weighted by Crippen LogP contribution is 2.22. The van der Waals surface area contributed by atoms with Crippen molar-refractivity contribution in [3.8, 4) is 0 Å². The summed E-state index contributed by atoms with van der Waals surface area (Å²) in [5.41, 5.74) is 1.79. The average molecular weight is 488 g/mol. The molecule has 2 N–H and O–H groups in total. The molecule has 0 saturated heterocycles. The zero-order valence-corrected chi connectivity index (χ0v) is 20.5. The monoisotopic (exact) mass is 487 g/mol. The summed E-state index contributed by atoms with van der Waals surface area (Å²) in [6.07, 6.45) is 2.40. The molecule has 184 valence electrons. The second kappa shape index (κ2) is 12.1. The van der Waals surface area contributed by atoms with Gasteiger partial charge >= 0.3 is 0 Å². The minimum Gasteiger partial charge on any atom is -0.383 e. The number of benzene rings is 2. The lowest BCUT2D eigenvalue weighted by molar-refractivity contribution is -0.140. The average Bonchev–Trinajstić information content (AvgIpc) is 3.65. The van der Waals surface area contributed by atoms with Crippen LogP contribution in [-0.2, 0) is 37.3 Å². The van der Waals surface area contributed by atoms with E-state index in [2.05, 4.69) is 10.0 Å². The fraction of sp³-hybridized carbons (Fsp3) is 0.440. The molecule has 2 aromatic rings. The zero-order chi connectivity index (χ0) is 24.6. The van der Waals surface area contributed by atoms with E-state index in [4.69, 9.17) is 4.74 Å². The number of nitrogens with one attached hydrogen (secondary N) is 2. The van der Waals surface area contributed by atoms with Crippen LogP contribution in [0.25, 0.3) is 0 Å². The first-order chi connectivity index (χ1) is 16.3. The van der Waals surface area contributed by atoms with Crippen LogP contribution in [0.2, 0.25) is 0 Å². The van der Waals surface area contributed by atoms with Crippen molar-refractivity contribution in [1.82, 2.24) is 14.9 Å². The third kappa shape index (κ3) is 7.65. The van der Waals surface area contributed by atoms with Crippen LogP contribution in [0.3, 0.4) is 0 Å². The molecule has 9 heteroatoms. The van der Waals surface area contributed by atoms with E-state index < -0.39 is 16.1 Å². The number of sulfonamides is 1. The summed E-state index contributed by atoms with van der Waals surface area (Å²) in [4.78, 5) is 27.6. The normalized spacial score (nSPS) is 14.4. The Morgan fingerprint density at radius 2 is 1.74 bits per heavy atom. The molecule has 0 aromatic heterocycles. The molecule has 0 spiro atoms. The fourth-order valence-corrected chi connectivity index (χ4v) is 4.81. The standard InChI is InChI=1S/C25H33N3O5S/c1-19(25(30)26-16-17-33-2)28(18-21-6-4-3-5-7-21)24(29)15-10-20-8-13-23(14-9-20)34(31,32)27-22-11-12-22/h3-9,13-14,19,22,27H,10-12,15-18H2,1-2H3,(H,26,30). The van der Waals surface area contributed by atoms with Gasteiger partial charge in [-0.3, -0.25) is 9.59 Å². The number of amides is 2. The smallest absolute Gasteiger partial charge is 0.242 e. The summed E-state index contributed by atoms with van der Waals surface area (Å²) >= 11 is 0. The molecule has 2 aromatic carbocycles. The predicted octanol–water partition coefficient (Wildman–Crippen LogP) is 2.24. The van der Waals surface area contributed by atoms with Gasteiger partial charge in [-0.05, 0) is 49.4 Å². The largest absolute Gasteiger partial charge is 0.383 e. The highest BCUT2D eigenvalue weighted by molar-refractivity contribution is 7.89. The van der Waals surface area contributed by atoms with Crippen LogP contribution in [0.5, 0.6) is 0 Å². The van der Waals surface area contributed by atoms with Crippen molar-refractivity contribution in [2.24, 2.45) is 0 Å². The number of ether oxygens (including phenoxy) is 1. The van der Waals surface area contributed by atoms with E-state index in [9.17, 15) is 18.0 Å². The Morgan fingerprint density at radius 1 is 1.06 bits per heavy atom. The third-order valence-corrected chi connectivity index (χ3v) is 7.27. The molecular formula is C25H33N3O5S. The van der Waals surface area contributed by atoms with Crippen molar-refractivity contribution in [1.29, 1.82) is 0 Å². The summed E-state index contributed by atoms with van der Waals surface area (Å²) in [7, 11) is -1.94. The maximum Gasteiger partial charge on any atom is 0.242 e. The van der Waals surface area contributed by atoms with Crippen LogP contribution in [0.15, 0.2) is 59.5 Å². The van der Waals surface area contributed by atoms with Gasteiger partial charge in [-0.15, -0.1) is 0 Å². The molecule has 2 amide bonds. The van der Waals surface area contributed by atoms with E-state index in [1.807, 2.05) is 30.3 Å². The van der Waals surface area contributed by atoms with E-state index in [1.54, 1.807) is 43.2 Å². The van der Waals surface area contributed by atoms with Gasteiger partial charge in [0.05, 0.1) is 11.5 Å². The van der Waals surface area contributed by atoms with Crippen molar-refractivity contribution < 1.29 is 22.7 Å². The number of hydrogen-bond donors (Lipinski definition) is 2. The van der Waals surface area contributed by atoms with E-state index in [1.165, 1.54) is 0 Å². The number of nitrogens with zero attached hydrogens (tertiary/aromatic N) is 1. The molecule has 1 fully saturated rings. The van der Waals surface area contributed by atoms with Crippen molar-refractivity contribution in [2.45, 2.75) is 56.1 Å². The van der Waals surface area contributed by atoms with Gasteiger partial charge in [0.1, 0.15) is 6.04 Å². The zero-order valence-electron chi connectivity index (χ0n) is 19.7. The summed E-state index contributed by atoms with van der Waals surface area (Å²) in [5, 5.41) is 2.80. The Labute approximate surface area is 201 Å². The fourth-order valence-electron chi connectivity index (χ4n) is 3.51. The molecular weight excluding hydrogens is 454 g/mol. The number of hydrogen-bond acceptors (Lipinski definition) is 5. The van der Waals surface area contributed by atoms with Crippen LogP contribution in [0.4, 0.5) is 0 Å². The highest BCUT2D eigenvalue weighted by Gasteiger charge is 2.28. The van der Waals surface area contributed by atoms with Gasteiger partial charge in [-0.25, -0.2) is 13.1 Å². The van der Waals surface area contributed by atoms with Crippen LogP contribution in [0, 0.1) is 0 Å². The molecule has 8 nitrogen and oxygen atoms in total. The Kier molecular flexibility index (Phi) is 9.20. The van der Waals surface area contributed by atoms with Crippen molar-refractivity contribution in [3.05, 3.63) is 65.7 Å². The topological polar surface area (TPSA) is 105 Å². The summed E-state index contributed by atoms with van der Waals surface area (Å²) < 4.78 is 32.3. The lowest BCUT2D eigenvalue weighted by atomic mass is 10.1. The van der Waals surface area contributed by atoms with Gasteiger partial charge in [0.2, 0.25) is 21.8 Å². The second-order valence-electron chi connectivity index (χ2n) is 8.51. The van der Waals surface area contributed by atoms with Crippen LogP contribution >= 0.6 is 0 Å². The maximum atomic E-state index is 13.2. The number of aryl methyl sites for hydroxylation is 1. The molecule has 34 heavy (non-hydrogen) atoms. The Bertz CT molecular complexity index is 1050. The Morgan fingerprint density at radius 3 is 2.35 bits per heavy atom. The summed E-state index contributed by atoms with van der Waals surface area (Å²) in [6, 6.07) is 15.5. The van der Waals surface area contributed by atoms with Crippen LogP contribution < -0.4 is 10.0 Å². The number of rotatable bonds is 13. The van der Waals surface area contributed by atoms with Crippen LogP contribution in [0.1, 0.15) is 37.3 Å². The maximum absolute atomic E-state index is 13.2. The first-order valence-corrected chi connectivity index (χ1v) is 13.0. The SMILES string of the molecule is COCCNC(=O)C(C)N(Cc1ccccc1)C(=O)CCc1ccc(S(=O)(=O)NC2CC2)cc1. The lowest BCUT2D eigenvalue weighted by Crippen LogP contribution is -2.48. The minimum absolute atomic E-state index is 0.0478. The molecule has 1 unspecified atom stereocenters. The first-order valence-electron chi connectivity index (χ1n) is 11.5. The van der Waals surface area contributed by atoms with E-state index in [0.717, 1.165) is 24.0 Å². The molecule has 3 rings (SSSR count). The number of carbonyl (C=O) groups excluding carboxylic acids is 2. The Balaban J connectivity index is 1.64. The quantitative estimate of drug-likeness (QED) is 0.422.